The van der Waals surface area contributed by atoms with Gasteiger partial charge in [-0.05, 0) is 49.0 Å². The van der Waals surface area contributed by atoms with Crippen molar-refractivity contribution in [2.75, 3.05) is 6.61 Å². The zero-order valence-electron chi connectivity index (χ0n) is 13.2. The maximum atomic E-state index is 6.03. The van der Waals surface area contributed by atoms with Gasteiger partial charge in [-0.1, -0.05) is 41.4 Å². The van der Waals surface area contributed by atoms with E-state index >= 15 is 0 Å². The lowest BCUT2D eigenvalue weighted by Gasteiger charge is -2.08. The fourth-order valence-corrected chi connectivity index (χ4v) is 2.71. The molecule has 0 unspecified atom stereocenters. The maximum absolute atomic E-state index is 6.03. The van der Waals surface area contributed by atoms with E-state index < -0.39 is 0 Å². The highest BCUT2D eigenvalue weighted by Gasteiger charge is 2.13. The van der Waals surface area contributed by atoms with Gasteiger partial charge in [0.25, 0.3) is 0 Å². The van der Waals surface area contributed by atoms with Crippen LogP contribution in [0.5, 0.6) is 5.75 Å². The highest BCUT2D eigenvalue weighted by molar-refractivity contribution is 7.71. The average molecular weight is 393 g/mol. The largest absolute Gasteiger partial charge is 0.493 e. The van der Waals surface area contributed by atoms with E-state index in [4.69, 9.17) is 40.2 Å². The summed E-state index contributed by atoms with van der Waals surface area (Å²) >= 11 is 17.2. The number of nitrogens with zero attached hydrogens (tertiary/aromatic N) is 3. The number of H-pyrrole nitrogens is 1. The van der Waals surface area contributed by atoms with Gasteiger partial charge in [0, 0.05) is 0 Å². The molecule has 1 heterocycles. The van der Waals surface area contributed by atoms with Crippen molar-refractivity contribution in [3.63, 3.8) is 0 Å². The summed E-state index contributed by atoms with van der Waals surface area (Å²) in [5.41, 5.74) is 1.59. The third kappa shape index (κ3) is 3.92. The third-order valence-electron chi connectivity index (χ3n) is 3.34. The van der Waals surface area contributed by atoms with E-state index in [-0.39, 0.29) is 0 Å². The summed E-state index contributed by atoms with van der Waals surface area (Å²) in [4.78, 5) is 0. The fraction of sp³-hybridized carbons (Fsp3) is 0.118. The predicted molar refractivity (Wildman–Crippen MR) is 103 cm³/mol. The van der Waals surface area contributed by atoms with Crippen LogP contribution in [0.3, 0.4) is 0 Å². The Morgan fingerprint density at radius 3 is 2.80 bits per heavy atom. The standard InChI is InChI=1S/C17H14Cl2N4OS/c1-2-24-15-6-4-3-5-12(15)16-21-22-17(25)23(16)20-10-11-7-8-13(18)14(19)9-11/h3-10H,2H2,1H3,(H,22,25)/b20-10-. The Morgan fingerprint density at radius 1 is 1.24 bits per heavy atom. The van der Waals surface area contributed by atoms with Crippen LogP contribution < -0.4 is 4.74 Å². The zero-order valence-corrected chi connectivity index (χ0v) is 15.6. The first-order valence-electron chi connectivity index (χ1n) is 7.49. The minimum atomic E-state index is 0.373. The molecule has 0 aliphatic rings. The van der Waals surface area contributed by atoms with E-state index in [1.807, 2.05) is 37.3 Å². The predicted octanol–water partition coefficient (Wildman–Crippen LogP) is 5.20. The average Bonchev–Trinajstić information content (AvgIpc) is 2.97. The fourth-order valence-electron chi connectivity index (χ4n) is 2.22. The highest BCUT2D eigenvalue weighted by atomic mass is 35.5. The Hall–Kier alpha value is -2.15. The Labute approximate surface area is 159 Å². The molecule has 3 rings (SSSR count). The molecule has 0 radical (unpaired) electrons. The summed E-state index contributed by atoms with van der Waals surface area (Å²) in [6.07, 6.45) is 1.64. The van der Waals surface area contributed by atoms with Gasteiger partial charge in [0.1, 0.15) is 5.75 Å². The molecule has 1 aromatic heterocycles. The van der Waals surface area contributed by atoms with Crippen molar-refractivity contribution < 1.29 is 4.74 Å². The number of aromatic amines is 1. The highest BCUT2D eigenvalue weighted by Crippen LogP contribution is 2.28. The van der Waals surface area contributed by atoms with E-state index in [9.17, 15) is 0 Å². The number of hydrogen-bond donors (Lipinski definition) is 1. The number of para-hydroxylation sites is 1. The van der Waals surface area contributed by atoms with E-state index in [0.29, 0.717) is 33.0 Å². The Kier molecular flexibility index (Phi) is 5.53. The van der Waals surface area contributed by atoms with Gasteiger partial charge in [0.15, 0.2) is 5.82 Å². The molecule has 0 aliphatic heterocycles. The summed E-state index contributed by atoms with van der Waals surface area (Å²) in [6, 6.07) is 12.8. The van der Waals surface area contributed by atoms with Gasteiger partial charge in [0.2, 0.25) is 4.77 Å². The van der Waals surface area contributed by atoms with Crippen LogP contribution in [0.15, 0.2) is 47.6 Å². The van der Waals surface area contributed by atoms with Crippen molar-refractivity contribution >= 4 is 41.6 Å². The quantitative estimate of drug-likeness (QED) is 0.479. The molecular formula is C17H14Cl2N4OS. The zero-order chi connectivity index (χ0) is 17.8. The number of benzene rings is 2. The van der Waals surface area contributed by atoms with Crippen molar-refractivity contribution in [2.24, 2.45) is 5.10 Å². The lowest BCUT2D eigenvalue weighted by atomic mass is 10.2. The molecule has 0 atom stereocenters. The van der Waals surface area contributed by atoms with E-state index in [1.165, 1.54) is 4.68 Å². The molecule has 0 fully saturated rings. The van der Waals surface area contributed by atoms with E-state index in [1.54, 1.807) is 18.3 Å². The number of halogens is 2. The van der Waals surface area contributed by atoms with Crippen LogP contribution in [0, 0.1) is 4.77 Å². The molecule has 0 amide bonds. The second-order valence-electron chi connectivity index (χ2n) is 5.01. The second kappa shape index (κ2) is 7.82. The lowest BCUT2D eigenvalue weighted by molar-refractivity contribution is 0.341. The molecule has 2 aromatic carbocycles. The first kappa shape index (κ1) is 17.7. The monoisotopic (exact) mass is 392 g/mol. The topological polar surface area (TPSA) is 55.2 Å². The number of hydrogen-bond acceptors (Lipinski definition) is 4. The van der Waals surface area contributed by atoms with Gasteiger partial charge >= 0.3 is 0 Å². The van der Waals surface area contributed by atoms with E-state index in [2.05, 4.69) is 15.3 Å². The van der Waals surface area contributed by atoms with Crippen molar-refractivity contribution in [1.82, 2.24) is 14.9 Å². The van der Waals surface area contributed by atoms with Crippen molar-refractivity contribution in [1.29, 1.82) is 0 Å². The van der Waals surface area contributed by atoms with Gasteiger partial charge in [-0.15, -0.1) is 0 Å². The van der Waals surface area contributed by atoms with Gasteiger partial charge in [-0.3, -0.25) is 0 Å². The van der Waals surface area contributed by atoms with Gasteiger partial charge < -0.3 is 4.74 Å². The number of ether oxygens (including phenoxy) is 1. The molecule has 0 saturated heterocycles. The molecule has 128 valence electrons. The molecule has 0 bridgehead atoms. The van der Waals surface area contributed by atoms with Crippen LogP contribution in [0.1, 0.15) is 12.5 Å². The summed E-state index contributed by atoms with van der Waals surface area (Å²) in [7, 11) is 0. The van der Waals surface area contributed by atoms with Crippen molar-refractivity contribution in [3.05, 3.63) is 62.8 Å². The first-order valence-corrected chi connectivity index (χ1v) is 8.65. The first-order chi connectivity index (χ1) is 12.1. The van der Waals surface area contributed by atoms with Gasteiger partial charge in [-0.2, -0.15) is 14.9 Å². The minimum Gasteiger partial charge on any atom is -0.493 e. The molecule has 25 heavy (non-hydrogen) atoms. The van der Waals surface area contributed by atoms with Crippen LogP contribution >= 0.6 is 35.4 Å². The van der Waals surface area contributed by atoms with Crippen LogP contribution in [0.4, 0.5) is 0 Å². The van der Waals surface area contributed by atoms with Gasteiger partial charge in [0.05, 0.1) is 28.4 Å². The number of aromatic nitrogens is 3. The smallest absolute Gasteiger partial charge is 0.216 e. The van der Waals surface area contributed by atoms with Gasteiger partial charge in [-0.25, -0.2) is 5.10 Å². The molecule has 0 spiro atoms. The van der Waals surface area contributed by atoms with Crippen molar-refractivity contribution in [3.8, 4) is 17.1 Å². The van der Waals surface area contributed by atoms with E-state index in [0.717, 1.165) is 11.1 Å². The summed E-state index contributed by atoms with van der Waals surface area (Å²) in [6.45, 7) is 2.48. The molecule has 0 aliphatic carbocycles. The Morgan fingerprint density at radius 2 is 2.04 bits per heavy atom. The summed E-state index contributed by atoms with van der Waals surface area (Å²) < 4.78 is 7.57. The molecular weight excluding hydrogens is 379 g/mol. The normalized spacial score (nSPS) is 11.2. The number of nitrogens with one attached hydrogen (secondary N) is 1. The molecule has 0 saturated carbocycles. The second-order valence-corrected chi connectivity index (χ2v) is 6.21. The van der Waals surface area contributed by atoms with Crippen LogP contribution in [-0.2, 0) is 0 Å². The molecule has 5 nitrogen and oxygen atoms in total. The Bertz CT molecular complexity index is 981. The Balaban J connectivity index is 2.02. The summed E-state index contributed by atoms with van der Waals surface area (Å²) in [5, 5.41) is 12.4. The summed E-state index contributed by atoms with van der Waals surface area (Å²) in [5.74, 6) is 1.27. The van der Waals surface area contributed by atoms with Crippen LogP contribution in [0.25, 0.3) is 11.4 Å². The maximum Gasteiger partial charge on any atom is 0.216 e. The molecule has 3 aromatic rings. The van der Waals surface area contributed by atoms with Crippen LogP contribution in [-0.4, -0.2) is 27.7 Å². The van der Waals surface area contributed by atoms with Crippen molar-refractivity contribution in [2.45, 2.75) is 6.92 Å². The molecule has 8 heteroatoms. The SMILES string of the molecule is CCOc1ccccc1-c1n[nH]c(=S)n1/N=C\c1ccc(Cl)c(Cl)c1. The lowest BCUT2D eigenvalue weighted by Crippen LogP contribution is -1.99. The number of rotatable bonds is 5. The molecule has 1 N–H and O–H groups in total. The third-order valence-corrected chi connectivity index (χ3v) is 4.35. The minimum absolute atomic E-state index is 0.373. The van der Waals surface area contributed by atoms with Crippen LogP contribution in [0.2, 0.25) is 10.0 Å².